The lowest BCUT2D eigenvalue weighted by Gasteiger charge is -2.14. The Labute approximate surface area is 151 Å². The number of anilines is 1. The lowest BCUT2D eigenvalue weighted by molar-refractivity contribution is 0.210. The molecule has 7 heteroatoms. The van der Waals surface area contributed by atoms with Crippen molar-refractivity contribution in [2.24, 2.45) is 0 Å². The topological polar surface area (TPSA) is 55.4 Å². The van der Waals surface area contributed by atoms with Crippen molar-refractivity contribution in [2.75, 3.05) is 4.72 Å². The quantitative estimate of drug-likeness (QED) is 0.777. The third-order valence-electron chi connectivity index (χ3n) is 3.89. The van der Waals surface area contributed by atoms with E-state index in [-0.39, 0.29) is 16.0 Å². The van der Waals surface area contributed by atoms with E-state index in [0.29, 0.717) is 10.7 Å². The summed E-state index contributed by atoms with van der Waals surface area (Å²) in [5.41, 5.74) is 0.435. The average molecular weight is 386 g/mol. The van der Waals surface area contributed by atoms with Crippen LogP contribution >= 0.6 is 23.2 Å². The fourth-order valence-corrected chi connectivity index (χ4v) is 4.52. The van der Waals surface area contributed by atoms with Crippen molar-refractivity contribution in [2.45, 2.75) is 36.7 Å². The summed E-state index contributed by atoms with van der Waals surface area (Å²) < 4.78 is 33.3. The van der Waals surface area contributed by atoms with E-state index < -0.39 is 10.0 Å². The SMILES string of the molecule is O=S(=O)(Nc1ccc(OC2CCCC2)cc1)c1cc(Cl)ccc1Cl. The van der Waals surface area contributed by atoms with Gasteiger partial charge >= 0.3 is 0 Å². The van der Waals surface area contributed by atoms with Crippen LogP contribution in [-0.4, -0.2) is 14.5 Å². The van der Waals surface area contributed by atoms with E-state index >= 15 is 0 Å². The number of hydrogen-bond acceptors (Lipinski definition) is 3. The van der Waals surface area contributed by atoms with Gasteiger partial charge in [-0.25, -0.2) is 8.42 Å². The Balaban J connectivity index is 1.73. The van der Waals surface area contributed by atoms with Crippen LogP contribution in [0.5, 0.6) is 5.75 Å². The number of rotatable bonds is 5. The van der Waals surface area contributed by atoms with Gasteiger partial charge in [0.25, 0.3) is 10.0 Å². The third-order valence-corrected chi connectivity index (χ3v) is 5.99. The highest BCUT2D eigenvalue weighted by Crippen LogP contribution is 2.28. The molecular weight excluding hydrogens is 369 g/mol. The molecule has 24 heavy (non-hydrogen) atoms. The molecule has 0 atom stereocenters. The van der Waals surface area contributed by atoms with Crippen LogP contribution in [0.25, 0.3) is 0 Å². The van der Waals surface area contributed by atoms with Gasteiger partial charge in [-0.3, -0.25) is 4.72 Å². The van der Waals surface area contributed by atoms with Crippen molar-refractivity contribution in [3.63, 3.8) is 0 Å². The van der Waals surface area contributed by atoms with Crippen LogP contribution in [0.4, 0.5) is 5.69 Å². The van der Waals surface area contributed by atoms with Gasteiger partial charge in [0.1, 0.15) is 10.6 Å². The largest absolute Gasteiger partial charge is 0.490 e. The van der Waals surface area contributed by atoms with Crippen LogP contribution in [0.2, 0.25) is 10.0 Å². The van der Waals surface area contributed by atoms with Crippen LogP contribution in [0.3, 0.4) is 0 Å². The van der Waals surface area contributed by atoms with Crippen molar-refractivity contribution >= 4 is 38.9 Å². The highest BCUT2D eigenvalue weighted by molar-refractivity contribution is 7.92. The molecule has 128 valence electrons. The first-order valence-electron chi connectivity index (χ1n) is 7.69. The highest BCUT2D eigenvalue weighted by atomic mass is 35.5. The lowest BCUT2D eigenvalue weighted by atomic mass is 10.3. The molecule has 1 fully saturated rings. The van der Waals surface area contributed by atoms with Crippen molar-refractivity contribution in [3.8, 4) is 5.75 Å². The Morgan fingerprint density at radius 3 is 2.33 bits per heavy atom. The number of sulfonamides is 1. The minimum absolute atomic E-state index is 0.0528. The van der Waals surface area contributed by atoms with E-state index in [0.717, 1.165) is 18.6 Å². The first-order chi connectivity index (χ1) is 11.4. The highest BCUT2D eigenvalue weighted by Gasteiger charge is 2.19. The molecule has 0 saturated heterocycles. The molecule has 1 saturated carbocycles. The zero-order valence-corrected chi connectivity index (χ0v) is 15.2. The first-order valence-corrected chi connectivity index (χ1v) is 9.92. The molecule has 0 radical (unpaired) electrons. The summed E-state index contributed by atoms with van der Waals surface area (Å²) >= 11 is 11.8. The molecular formula is C17H17Cl2NO3S. The summed E-state index contributed by atoms with van der Waals surface area (Å²) in [5, 5.41) is 0.424. The third kappa shape index (κ3) is 4.15. The summed E-state index contributed by atoms with van der Waals surface area (Å²) in [6.45, 7) is 0. The van der Waals surface area contributed by atoms with Gasteiger partial charge in [0.15, 0.2) is 0 Å². The zero-order valence-electron chi connectivity index (χ0n) is 12.8. The second-order valence-electron chi connectivity index (χ2n) is 5.73. The molecule has 0 spiro atoms. The van der Waals surface area contributed by atoms with Gasteiger partial charge in [-0.15, -0.1) is 0 Å². The van der Waals surface area contributed by atoms with E-state index in [1.807, 2.05) is 0 Å². The molecule has 0 aliphatic heterocycles. The van der Waals surface area contributed by atoms with Gasteiger partial charge in [0.05, 0.1) is 11.1 Å². The zero-order chi connectivity index (χ0) is 17.2. The van der Waals surface area contributed by atoms with Crippen LogP contribution in [0, 0.1) is 0 Å². The second-order valence-corrected chi connectivity index (χ2v) is 8.22. The van der Waals surface area contributed by atoms with E-state index in [2.05, 4.69) is 4.72 Å². The molecule has 0 heterocycles. The number of halogens is 2. The van der Waals surface area contributed by atoms with Crippen LogP contribution in [0.1, 0.15) is 25.7 Å². The smallest absolute Gasteiger partial charge is 0.263 e. The monoisotopic (exact) mass is 385 g/mol. The average Bonchev–Trinajstić information content (AvgIpc) is 3.04. The van der Waals surface area contributed by atoms with Gasteiger partial charge in [0.2, 0.25) is 0 Å². The van der Waals surface area contributed by atoms with Crippen LogP contribution in [-0.2, 0) is 10.0 Å². The van der Waals surface area contributed by atoms with Crippen molar-refractivity contribution < 1.29 is 13.2 Å². The maximum atomic E-state index is 12.5. The Morgan fingerprint density at radius 1 is 1.00 bits per heavy atom. The normalized spacial score (nSPS) is 15.4. The van der Waals surface area contributed by atoms with Crippen LogP contribution in [0.15, 0.2) is 47.4 Å². The Morgan fingerprint density at radius 2 is 1.67 bits per heavy atom. The molecule has 2 aromatic carbocycles. The van der Waals surface area contributed by atoms with Gasteiger partial charge in [-0.2, -0.15) is 0 Å². The molecule has 1 aliphatic carbocycles. The van der Waals surface area contributed by atoms with Crippen molar-refractivity contribution in [1.82, 2.24) is 0 Å². The lowest BCUT2D eigenvalue weighted by Crippen LogP contribution is -2.14. The van der Waals surface area contributed by atoms with E-state index in [4.69, 9.17) is 27.9 Å². The van der Waals surface area contributed by atoms with Gasteiger partial charge in [-0.1, -0.05) is 23.2 Å². The molecule has 0 unspecified atom stereocenters. The van der Waals surface area contributed by atoms with Gasteiger partial charge in [-0.05, 0) is 68.1 Å². The van der Waals surface area contributed by atoms with Crippen LogP contribution < -0.4 is 9.46 Å². The van der Waals surface area contributed by atoms with Crippen molar-refractivity contribution in [1.29, 1.82) is 0 Å². The molecule has 1 aliphatic rings. The summed E-state index contributed by atoms with van der Waals surface area (Å²) in [4.78, 5) is -0.0528. The molecule has 0 aromatic heterocycles. The fraction of sp³-hybridized carbons (Fsp3) is 0.294. The summed E-state index contributed by atoms with van der Waals surface area (Å²) in [6, 6.07) is 11.2. The standard InChI is InChI=1S/C17H17Cl2NO3S/c18-12-5-10-16(19)17(11-12)24(21,22)20-13-6-8-15(9-7-13)23-14-3-1-2-4-14/h5-11,14,20H,1-4H2. The first kappa shape index (κ1) is 17.4. The Hall–Kier alpha value is -1.43. The van der Waals surface area contributed by atoms with Gasteiger partial charge < -0.3 is 4.74 Å². The van der Waals surface area contributed by atoms with E-state index in [1.165, 1.54) is 31.0 Å². The maximum absolute atomic E-state index is 12.5. The predicted octanol–water partition coefficient (Wildman–Crippen LogP) is 5.12. The second kappa shape index (κ2) is 7.21. The number of benzene rings is 2. The number of nitrogens with one attached hydrogen (secondary N) is 1. The molecule has 4 nitrogen and oxygen atoms in total. The minimum atomic E-state index is -3.81. The molecule has 3 rings (SSSR count). The van der Waals surface area contributed by atoms with Crippen molar-refractivity contribution in [3.05, 3.63) is 52.5 Å². The molecule has 2 aromatic rings. The maximum Gasteiger partial charge on any atom is 0.263 e. The van der Waals surface area contributed by atoms with E-state index in [1.54, 1.807) is 24.3 Å². The summed E-state index contributed by atoms with van der Waals surface area (Å²) in [5.74, 6) is 0.741. The molecule has 1 N–H and O–H groups in total. The predicted molar refractivity (Wildman–Crippen MR) is 96.6 cm³/mol. The number of hydrogen-bond donors (Lipinski definition) is 1. The Bertz CT molecular complexity index is 816. The van der Waals surface area contributed by atoms with Gasteiger partial charge in [0, 0.05) is 10.7 Å². The fourth-order valence-electron chi connectivity index (χ4n) is 2.69. The Kier molecular flexibility index (Phi) is 5.23. The molecule has 0 amide bonds. The number of ether oxygens (including phenoxy) is 1. The summed E-state index contributed by atoms with van der Waals surface area (Å²) in [6.07, 6.45) is 4.80. The minimum Gasteiger partial charge on any atom is -0.490 e. The molecule has 0 bridgehead atoms. The van der Waals surface area contributed by atoms with E-state index in [9.17, 15) is 8.42 Å². The summed E-state index contributed by atoms with van der Waals surface area (Å²) in [7, 11) is -3.81.